The van der Waals surface area contributed by atoms with Crippen molar-refractivity contribution >= 4 is 11.9 Å². The standard InChI is InChI=1S/C14H25NO3/c1-10(5-8-12(16)11-6-7-11)9-15-13(17)18-14(2,3)4/h10-11H,5-9H2,1-4H3,(H,15,17)/t10-/m0/s1. The molecule has 4 nitrogen and oxygen atoms in total. The highest BCUT2D eigenvalue weighted by Gasteiger charge is 2.29. The van der Waals surface area contributed by atoms with Gasteiger partial charge in [0.2, 0.25) is 0 Å². The van der Waals surface area contributed by atoms with Gasteiger partial charge in [-0.3, -0.25) is 4.79 Å². The van der Waals surface area contributed by atoms with Crippen molar-refractivity contribution in [3.63, 3.8) is 0 Å². The third kappa shape index (κ3) is 6.62. The van der Waals surface area contributed by atoms with Gasteiger partial charge < -0.3 is 10.1 Å². The van der Waals surface area contributed by atoms with Gasteiger partial charge in [-0.2, -0.15) is 0 Å². The monoisotopic (exact) mass is 255 g/mol. The summed E-state index contributed by atoms with van der Waals surface area (Å²) in [6, 6.07) is 0. The van der Waals surface area contributed by atoms with Gasteiger partial charge in [0.1, 0.15) is 11.4 Å². The molecule has 0 heterocycles. The van der Waals surface area contributed by atoms with Crippen molar-refractivity contribution in [2.75, 3.05) is 6.54 Å². The molecule has 0 aromatic rings. The fourth-order valence-corrected chi connectivity index (χ4v) is 1.67. The Hall–Kier alpha value is -1.06. The molecule has 1 aliphatic carbocycles. The zero-order valence-electron chi connectivity index (χ0n) is 11.9. The van der Waals surface area contributed by atoms with Crippen molar-refractivity contribution in [3.05, 3.63) is 0 Å². The second-order valence-electron chi connectivity index (χ2n) is 6.27. The number of ether oxygens (including phenoxy) is 1. The van der Waals surface area contributed by atoms with Crippen LogP contribution in [-0.4, -0.2) is 24.0 Å². The molecular formula is C14H25NO3. The lowest BCUT2D eigenvalue weighted by molar-refractivity contribution is -0.120. The van der Waals surface area contributed by atoms with E-state index in [-0.39, 0.29) is 6.09 Å². The van der Waals surface area contributed by atoms with Crippen LogP contribution in [0.3, 0.4) is 0 Å². The summed E-state index contributed by atoms with van der Waals surface area (Å²) in [6.45, 7) is 8.11. The molecule has 0 spiro atoms. The predicted molar refractivity (Wildman–Crippen MR) is 70.4 cm³/mol. The number of hydrogen-bond acceptors (Lipinski definition) is 3. The summed E-state index contributed by atoms with van der Waals surface area (Å²) in [7, 11) is 0. The molecule has 0 aromatic heterocycles. The minimum absolute atomic E-state index is 0.306. The van der Waals surface area contributed by atoms with Crippen LogP contribution >= 0.6 is 0 Å². The van der Waals surface area contributed by atoms with E-state index in [0.29, 0.717) is 30.6 Å². The van der Waals surface area contributed by atoms with Crippen LogP contribution in [0.15, 0.2) is 0 Å². The van der Waals surface area contributed by atoms with Crippen LogP contribution in [0.25, 0.3) is 0 Å². The van der Waals surface area contributed by atoms with Crippen molar-refractivity contribution in [3.8, 4) is 0 Å². The van der Waals surface area contributed by atoms with Gasteiger partial charge in [0, 0.05) is 18.9 Å². The molecule has 0 saturated heterocycles. The Morgan fingerprint density at radius 1 is 1.33 bits per heavy atom. The van der Waals surface area contributed by atoms with E-state index in [1.165, 1.54) is 0 Å². The van der Waals surface area contributed by atoms with Gasteiger partial charge in [0.25, 0.3) is 0 Å². The topological polar surface area (TPSA) is 55.4 Å². The second kappa shape index (κ2) is 6.21. The van der Waals surface area contributed by atoms with Gasteiger partial charge in [0.15, 0.2) is 0 Å². The summed E-state index contributed by atoms with van der Waals surface area (Å²) in [5.74, 6) is 1.04. The number of ketones is 1. The minimum atomic E-state index is -0.463. The van der Waals surface area contributed by atoms with Crippen LogP contribution in [0.5, 0.6) is 0 Å². The van der Waals surface area contributed by atoms with Crippen molar-refractivity contribution in [1.82, 2.24) is 5.32 Å². The predicted octanol–water partition coefficient (Wildman–Crippen LogP) is 2.91. The third-order valence-electron chi connectivity index (χ3n) is 2.91. The quantitative estimate of drug-likeness (QED) is 0.794. The highest BCUT2D eigenvalue weighted by atomic mass is 16.6. The zero-order valence-corrected chi connectivity index (χ0v) is 11.9. The van der Waals surface area contributed by atoms with E-state index < -0.39 is 5.60 Å². The van der Waals surface area contributed by atoms with Crippen LogP contribution < -0.4 is 5.32 Å². The number of alkyl carbamates (subject to hydrolysis) is 1. The van der Waals surface area contributed by atoms with Crippen LogP contribution in [0.2, 0.25) is 0 Å². The minimum Gasteiger partial charge on any atom is -0.444 e. The lowest BCUT2D eigenvalue weighted by atomic mass is 10.0. The summed E-state index contributed by atoms with van der Waals surface area (Å²) in [5, 5.41) is 2.74. The second-order valence-corrected chi connectivity index (χ2v) is 6.27. The van der Waals surface area contributed by atoms with E-state index in [0.717, 1.165) is 19.3 Å². The maximum atomic E-state index is 11.5. The number of hydrogen-bond donors (Lipinski definition) is 1. The van der Waals surface area contributed by atoms with E-state index in [9.17, 15) is 9.59 Å². The van der Waals surface area contributed by atoms with Crippen molar-refractivity contribution in [1.29, 1.82) is 0 Å². The van der Waals surface area contributed by atoms with E-state index >= 15 is 0 Å². The van der Waals surface area contributed by atoms with Crippen LogP contribution in [-0.2, 0) is 9.53 Å². The molecule has 0 aliphatic heterocycles. The van der Waals surface area contributed by atoms with Crippen LogP contribution in [0.4, 0.5) is 4.79 Å². The van der Waals surface area contributed by atoms with Gasteiger partial charge >= 0.3 is 6.09 Å². The number of Topliss-reactive ketones (excluding diaryl/α,β-unsaturated/α-hetero) is 1. The molecule has 0 bridgehead atoms. The summed E-state index contributed by atoms with van der Waals surface area (Å²) >= 11 is 0. The average Bonchev–Trinajstić information content (AvgIpc) is 3.04. The van der Waals surface area contributed by atoms with Crippen LogP contribution in [0, 0.1) is 11.8 Å². The van der Waals surface area contributed by atoms with Crippen molar-refractivity contribution in [2.45, 2.75) is 59.0 Å². The maximum absolute atomic E-state index is 11.5. The molecule has 1 rings (SSSR count). The molecule has 1 atom stereocenters. The molecule has 1 saturated carbocycles. The summed E-state index contributed by atoms with van der Waals surface area (Å²) in [4.78, 5) is 22.9. The first-order valence-corrected chi connectivity index (χ1v) is 6.77. The van der Waals surface area contributed by atoms with E-state index in [1.54, 1.807) is 0 Å². The molecule has 1 N–H and O–H groups in total. The molecule has 0 aromatic carbocycles. The van der Waals surface area contributed by atoms with E-state index in [1.807, 2.05) is 27.7 Å². The Morgan fingerprint density at radius 3 is 2.44 bits per heavy atom. The maximum Gasteiger partial charge on any atom is 0.407 e. The third-order valence-corrected chi connectivity index (χ3v) is 2.91. The first-order chi connectivity index (χ1) is 8.28. The largest absolute Gasteiger partial charge is 0.444 e. The highest BCUT2D eigenvalue weighted by molar-refractivity contribution is 5.83. The first kappa shape index (κ1) is 15.0. The lowest BCUT2D eigenvalue weighted by Gasteiger charge is -2.20. The lowest BCUT2D eigenvalue weighted by Crippen LogP contribution is -2.34. The van der Waals surface area contributed by atoms with E-state index in [2.05, 4.69) is 5.32 Å². The fraction of sp³-hybridized carbons (Fsp3) is 0.857. The van der Waals surface area contributed by atoms with Gasteiger partial charge in [0.05, 0.1) is 0 Å². The Morgan fingerprint density at radius 2 is 1.94 bits per heavy atom. The SMILES string of the molecule is C[C@@H](CCC(=O)C1CC1)CNC(=O)OC(C)(C)C. The summed E-state index contributed by atoms with van der Waals surface area (Å²) in [5.41, 5.74) is -0.463. The smallest absolute Gasteiger partial charge is 0.407 e. The van der Waals surface area contributed by atoms with Crippen molar-refractivity contribution < 1.29 is 14.3 Å². The Labute approximate surface area is 109 Å². The number of rotatable bonds is 6. The average molecular weight is 255 g/mol. The van der Waals surface area contributed by atoms with Gasteiger partial charge in [-0.15, -0.1) is 0 Å². The van der Waals surface area contributed by atoms with Crippen LogP contribution in [0.1, 0.15) is 53.4 Å². The Kier molecular flexibility index (Phi) is 5.17. The fourth-order valence-electron chi connectivity index (χ4n) is 1.67. The molecule has 1 amide bonds. The first-order valence-electron chi connectivity index (χ1n) is 6.77. The molecule has 1 fully saturated rings. The Bertz CT molecular complexity index is 303. The molecule has 4 heteroatoms. The number of carbonyl (C=O) groups is 2. The van der Waals surface area contributed by atoms with E-state index in [4.69, 9.17) is 4.74 Å². The zero-order chi connectivity index (χ0) is 13.8. The molecule has 0 unspecified atom stereocenters. The number of amides is 1. The highest BCUT2D eigenvalue weighted by Crippen LogP contribution is 2.31. The molecule has 0 radical (unpaired) electrons. The number of carbonyl (C=O) groups excluding carboxylic acids is 2. The molecule has 1 aliphatic rings. The summed E-state index contributed by atoms with van der Waals surface area (Å²) in [6.07, 6.45) is 3.24. The normalized spacial score (nSPS) is 17.1. The van der Waals surface area contributed by atoms with Crippen molar-refractivity contribution in [2.24, 2.45) is 11.8 Å². The molecular weight excluding hydrogens is 230 g/mol. The van der Waals surface area contributed by atoms with Gasteiger partial charge in [-0.05, 0) is 46.0 Å². The molecule has 104 valence electrons. The van der Waals surface area contributed by atoms with Gasteiger partial charge in [-0.25, -0.2) is 4.79 Å². The molecule has 18 heavy (non-hydrogen) atoms. The van der Waals surface area contributed by atoms with Gasteiger partial charge in [-0.1, -0.05) is 6.92 Å². The summed E-state index contributed by atoms with van der Waals surface area (Å²) < 4.78 is 5.14. The Balaban J connectivity index is 2.10. The number of nitrogens with one attached hydrogen (secondary N) is 1.